The third-order valence-electron chi connectivity index (χ3n) is 4.27. The highest BCUT2D eigenvalue weighted by atomic mass is 16.5. The van der Waals surface area contributed by atoms with Crippen molar-refractivity contribution >= 4 is 17.8 Å². The van der Waals surface area contributed by atoms with Crippen LogP contribution in [0.2, 0.25) is 0 Å². The summed E-state index contributed by atoms with van der Waals surface area (Å²) in [5.41, 5.74) is -0.182. The van der Waals surface area contributed by atoms with Crippen molar-refractivity contribution in [2.45, 2.75) is 33.1 Å². The van der Waals surface area contributed by atoms with E-state index in [-0.39, 0.29) is 17.0 Å². The van der Waals surface area contributed by atoms with Gasteiger partial charge in [0.05, 0.1) is 19.8 Å². The van der Waals surface area contributed by atoms with Crippen molar-refractivity contribution in [2.24, 2.45) is 16.3 Å². The number of ketones is 2. The molecule has 1 heterocycles. The Labute approximate surface area is 126 Å². The fraction of sp³-hybridized carbons (Fsp3) is 0.812. The fourth-order valence-corrected chi connectivity index (χ4v) is 3.08. The lowest BCUT2D eigenvalue weighted by Crippen LogP contribution is -3.14. The van der Waals surface area contributed by atoms with E-state index in [4.69, 9.17) is 4.74 Å². The number of quaternary nitrogens is 1. The fourth-order valence-electron chi connectivity index (χ4n) is 3.08. The van der Waals surface area contributed by atoms with Gasteiger partial charge in [0.2, 0.25) is 0 Å². The average molecular weight is 295 g/mol. The lowest BCUT2D eigenvalue weighted by molar-refractivity contribution is -0.908. The maximum atomic E-state index is 12.0. The maximum absolute atomic E-state index is 12.0. The van der Waals surface area contributed by atoms with Crippen LogP contribution in [0.1, 0.15) is 33.1 Å². The van der Waals surface area contributed by atoms with Crippen LogP contribution in [-0.2, 0) is 14.3 Å². The van der Waals surface area contributed by atoms with Crippen molar-refractivity contribution in [3.05, 3.63) is 0 Å². The van der Waals surface area contributed by atoms with Crippen molar-refractivity contribution in [3.63, 3.8) is 0 Å². The Morgan fingerprint density at radius 2 is 1.86 bits per heavy atom. The Kier molecular flexibility index (Phi) is 5.65. The highest BCUT2D eigenvalue weighted by Gasteiger charge is 2.38. The van der Waals surface area contributed by atoms with E-state index < -0.39 is 5.92 Å². The highest BCUT2D eigenvalue weighted by Crippen LogP contribution is 2.33. The Morgan fingerprint density at radius 3 is 2.48 bits per heavy atom. The van der Waals surface area contributed by atoms with Gasteiger partial charge in [0.25, 0.3) is 0 Å². The zero-order valence-electron chi connectivity index (χ0n) is 13.2. The van der Waals surface area contributed by atoms with E-state index in [2.05, 4.69) is 4.99 Å². The first-order valence-electron chi connectivity index (χ1n) is 7.95. The van der Waals surface area contributed by atoms with E-state index in [0.717, 1.165) is 39.3 Å². The van der Waals surface area contributed by atoms with Gasteiger partial charge in [0.1, 0.15) is 30.6 Å². The summed E-state index contributed by atoms with van der Waals surface area (Å²) >= 11 is 0. The number of nitrogens with zero attached hydrogens (tertiary/aromatic N) is 1. The van der Waals surface area contributed by atoms with Gasteiger partial charge in [-0.15, -0.1) is 0 Å². The second kappa shape index (κ2) is 7.27. The molecular formula is C16H27N2O3+. The topological polar surface area (TPSA) is 60.2 Å². The van der Waals surface area contributed by atoms with Gasteiger partial charge >= 0.3 is 0 Å². The molecule has 1 saturated carbocycles. The average Bonchev–Trinajstić information content (AvgIpc) is 2.41. The lowest BCUT2D eigenvalue weighted by atomic mass is 9.72. The predicted molar refractivity (Wildman–Crippen MR) is 80.9 cm³/mol. The Hall–Kier alpha value is -1.07. The molecule has 0 unspecified atom stereocenters. The molecule has 1 aliphatic heterocycles. The van der Waals surface area contributed by atoms with Crippen molar-refractivity contribution in [1.82, 2.24) is 0 Å². The second-order valence-corrected chi connectivity index (χ2v) is 6.95. The van der Waals surface area contributed by atoms with Crippen LogP contribution >= 0.6 is 0 Å². The maximum Gasteiger partial charge on any atom is 0.149 e. The molecule has 0 aromatic heterocycles. The molecule has 0 atom stereocenters. The third kappa shape index (κ3) is 5.00. The molecule has 1 saturated heterocycles. The Bertz CT molecular complexity index is 392. The van der Waals surface area contributed by atoms with Crippen molar-refractivity contribution < 1.29 is 19.2 Å². The van der Waals surface area contributed by atoms with Crippen molar-refractivity contribution in [2.75, 3.05) is 39.4 Å². The number of carbonyl (C=O) groups is 2. The molecule has 0 aromatic carbocycles. The van der Waals surface area contributed by atoms with Crippen molar-refractivity contribution in [3.8, 4) is 0 Å². The smallest absolute Gasteiger partial charge is 0.149 e. The number of ether oxygens (including phenoxy) is 1. The van der Waals surface area contributed by atoms with E-state index in [1.54, 1.807) is 11.1 Å². The van der Waals surface area contributed by atoms with Crippen molar-refractivity contribution in [1.29, 1.82) is 0 Å². The van der Waals surface area contributed by atoms with Crippen LogP contribution in [0.15, 0.2) is 4.99 Å². The van der Waals surface area contributed by atoms with Crippen LogP contribution in [0.4, 0.5) is 0 Å². The normalized spacial score (nSPS) is 24.9. The molecule has 21 heavy (non-hydrogen) atoms. The van der Waals surface area contributed by atoms with E-state index in [1.807, 2.05) is 13.8 Å². The number of aliphatic imine (C=N–C) groups is 1. The molecular weight excluding hydrogens is 268 g/mol. The van der Waals surface area contributed by atoms with Gasteiger partial charge in [-0.2, -0.15) is 0 Å². The SMILES string of the molecule is CC1(C)CC(=O)C(C=NCCC[NH+]2CCOCC2)C(=O)C1. The van der Waals surface area contributed by atoms with Crippen LogP contribution in [0.25, 0.3) is 0 Å². The van der Waals surface area contributed by atoms with Gasteiger partial charge in [-0.25, -0.2) is 0 Å². The first-order valence-corrected chi connectivity index (χ1v) is 7.95. The molecule has 0 radical (unpaired) electrons. The minimum atomic E-state index is -0.589. The van der Waals surface area contributed by atoms with Gasteiger partial charge in [0.15, 0.2) is 0 Å². The summed E-state index contributed by atoms with van der Waals surface area (Å²) in [5, 5.41) is 0. The molecule has 0 bridgehead atoms. The molecule has 2 aliphatic rings. The largest absolute Gasteiger partial charge is 0.370 e. The van der Waals surface area contributed by atoms with Crippen LogP contribution < -0.4 is 4.90 Å². The number of rotatable bonds is 5. The molecule has 118 valence electrons. The summed E-state index contributed by atoms with van der Waals surface area (Å²) in [6.45, 7) is 9.56. The Morgan fingerprint density at radius 1 is 1.24 bits per heavy atom. The molecule has 2 fully saturated rings. The van der Waals surface area contributed by atoms with Gasteiger partial charge in [-0.05, 0) is 5.41 Å². The number of nitrogens with one attached hydrogen (secondary N) is 1. The monoisotopic (exact) mass is 295 g/mol. The van der Waals surface area contributed by atoms with E-state index in [9.17, 15) is 9.59 Å². The van der Waals surface area contributed by atoms with Crippen LogP contribution in [0, 0.1) is 11.3 Å². The molecule has 2 rings (SSSR count). The highest BCUT2D eigenvalue weighted by molar-refractivity contribution is 6.16. The minimum Gasteiger partial charge on any atom is -0.370 e. The summed E-state index contributed by atoms with van der Waals surface area (Å²) in [6, 6.07) is 0. The summed E-state index contributed by atoms with van der Waals surface area (Å²) in [4.78, 5) is 29.9. The zero-order chi connectivity index (χ0) is 15.3. The van der Waals surface area contributed by atoms with Gasteiger partial charge in [0, 0.05) is 32.0 Å². The summed E-state index contributed by atoms with van der Waals surface area (Å²) < 4.78 is 5.32. The first-order chi connectivity index (χ1) is 9.98. The predicted octanol–water partition coefficient (Wildman–Crippen LogP) is -0.0632. The number of hydrogen-bond acceptors (Lipinski definition) is 4. The summed E-state index contributed by atoms with van der Waals surface area (Å²) in [7, 11) is 0. The van der Waals surface area contributed by atoms with E-state index in [0.29, 0.717) is 19.4 Å². The zero-order valence-corrected chi connectivity index (χ0v) is 13.2. The summed E-state index contributed by atoms with van der Waals surface area (Å²) in [6.07, 6.45) is 3.54. The minimum absolute atomic E-state index is 0.0267. The molecule has 0 aromatic rings. The number of Topliss-reactive ketones (excluding diaryl/α,β-unsaturated/α-hetero) is 2. The first kappa shape index (κ1) is 16.3. The molecule has 5 nitrogen and oxygen atoms in total. The Balaban J connectivity index is 1.71. The number of morpholine rings is 1. The summed E-state index contributed by atoms with van der Waals surface area (Å²) in [5.74, 6) is -0.536. The quantitative estimate of drug-likeness (QED) is 0.439. The van der Waals surface area contributed by atoms with E-state index >= 15 is 0 Å². The third-order valence-corrected chi connectivity index (χ3v) is 4.27. The van der Waals surface area contributed by atoms with Gasteiger partial charge in [-0.3, -0.25) is 14.6 Å². The van der Waals surface area contributed by atoms with Crippen LogP contribution in [0.3, 0.4) is 0 Å². The molecule has 1 N–H and O–H groups in total. The van der Waals surface area contributed by atoms with Crippen LogP contribution in [0.5, 0.6) is 0 Å². The van der Waals surface area contributed by atoms with Gasteiger partial charge in [-0.1, -0.05) is 13.8 Å². The van der Waals surface area contributed by atoms with Crippen LogP contribution in [-0.4, -0.2) is 57.2 Å². The molecule has 0 spiro atoms. The van der Waals surface area contributed by atoms with Gasteiger partial charge < -0.3 is 9.64 Å². The molecule has 1 aliphatic carbocycles. The second-order valence-electron chi connectivity index (χ2n) is 6.95. The van der Waals surface area contributed by atoms with E-state index in [1.165, 1.54) is 0 Å². The lowest BCUT2D eigenvalue weighted by Gasteiger charge is -2.30. The molecule has 5 heteroatoms. The number of carbonyl (C=O) groups excluding carboxylic acids is 2. The number of hydrogen-bond donors (Lipinski definition) is 1. The standard InChI is InChI=1S/C16H26N2O3/c1-16(2)10-14(19)13(15(20)11-16)12-17-4-3-5-18-6-8-21-9-7-18/h12-13H,3-11H2,1-2H3/p+1. The molecule has 0 amide bonds.